The number of imidazole rings is 1. The van der Waals surface area contributed by atoms with E-state index in [4.69, 9.17) is 0 Å². The highest BCUT2D eigenvalue weighted by Gasteiger charge is 2.18. The summed E-state index contributed by atoms with van der Waals surface area (Å²) in [6.07, 6.45) is 1.53. The topological polar surface area (TPSA) is 52.0 Å². The van der Waals surface area contributed by atoms with Crippen LogP contribution in [0.3, 0.4) is 0 Å². The van der Waals surface area contributed by atoms with Crippen LogP contribution in [0.15, 0.2) is 35.4 Å². The molecule has 0 aliphatic rings. The van der Waals surface area contributed by atoms with Crippen molar-refractivity contribution in [1.82, 2.24) is 8.96 Å². The van der Waals surface area contributed by atoms with Gasteiger partial charge in [0.2, 0.25) is 0 Å². The molecule has 0 saturated carbocycles. The zero-order valence-corrected chi connectivity index (χ0v) is 10.8. The SMILES string of the molecule is Cc1ccc(S(=O)(=O)n2cc(C)nc2C)cc1. The van der Waals surface area contributed by atoms with Gasteiger partial charge in [-0.05, 0) is 32.9 Å². The van der Waals surface area contributed by atoms with Gasteiger partial charge in [-0.2, -0.15) is 0 Å². The van der Waals surface area contributed by atoms with Crippen LogP contribution >= 0.6 is 0 Å². The highest BCUT2D eigenvalue weighted by atomic mass is 32.2. The maximum Gasteiger partial charge on any atom is 0.269 e. The molecule has 1 aromatic heterocycles. The second-order valence-electron chi connectivity index (χ2n) is 4.04. The lowest BCUT2D eigenvalue weighted by atomic mass is 10.2. The van der Waals surface area contributed by atoms with Gasteiger partial charge in [-0.1, -0.05) is 17.7 Å². The molecule has 4 nitrogen and oxygen atoms in total. The van der Waals surface area contributed by atoms with Gasteiger partial charge in [0.25, 0.3) is 10.0 Å². The molecule has 0 spiro atoms. The van der Waals surface area contributed by atoms with Crippen molar-refractivity contribution in [3.63, 3.8) is 0 Å². The Morgan fingerprint density at radius 2 is 1.65 bits per heavy atom. The number of benzene rings is 1. The summed E-state index contributed by atoms with van der Waals surface area (Å²) in [5.74, 6) is 0.475. The molecule has 0 aliphatic heterocycles. The van der Waals surface area contributed by atoms with Crippen LogP contribution in [0.2, 0.25) is 0 Å². The first-order valence-corrected chi connectivity index (χ1v) is 6.70. The van der Waals surface area contributed by atoms with E-state index in [-0.39, 0.29) is 4.90 Å². The van der Waals surface area contributed by atoms with Crippen molar-refractivity contribution in [3.05, 3.63) is 47.5 Å². The van der Waals surface area contributed by atoms with Crippen molar-refractivity contribution in [2.75, 3.05) is 0 Å². The van der Waals surface area contributed by atoms with Gasteiger partial charge in [-0.15, -0.1) is 0 Å². The molecule has 0 saturated heterocycles. The number of hydrogen-bond acceptors (Lipinski definition) is 3. The lowest BCUT2D eigenvalue weighted by Crippen LogP contribution is -2.13. The predicted molar refractivity (Wildman–Crippen MR) is 65.5 cm³/mol. The van der Waals surface area contributed by atoms with E-state index in [0.717, 1.165) is 5.56 Å². The minimum atomic E-state index is -3.51. The molecule has 90 valence electrons. The van der Waals surface area contributed by atoms with Crippen LogP contribution < -0.4 is 0 Å². The third kappa shape index (κ3) is 2.10. The summed E-state index contributed by atoms with van der Waals surface area (Å²) in [5, 5.41) is 0. The van der Waals surface area contributed by atoms with Crippen molar-refractivity contribution in [2.45, 2.75) is 25.7 Å². The third-order valence-corrected chi connectivity index (χ3v) is 4.29. The van der Waals surface area contributed by atoms with E-state index in [1.54, 1.807) is 38.1 Å². The van der Waals surface area contributed by atoms with Crippen molar-refractivity contribution in [3.8, 4) is 0 Å². The Kier molecular flexibility index (Phi) is 2.79. The van der Waals surface area contributed by atoms with Crippen LogP contribution in [0.25, 0.3) is 0 Å². The molecule has 5 heteroatoms. The van der Waals surface area contributed by atoms with Crippen LogP contribution in [0.5, 0.6) is 0 Å². The minimum absolute atomic E-state index is 0.281. The quantitative estimate of drug-likeness (QED) is 0.819. The molecule has 0 fully saturated rings. The van der Waals surface area contributed by atoms with E-state index < -0.39 is 10.0 Å². The summed E-state index contributed by atoms with van der Waals surface area (Å²) in [4.78, 5) is 4.39. The maximum absolute atomic E-state index is 12.3. The highest BCUT2D eigenvalue weighted by Crippen LogP contribution is 2.16. The lowest BCUT2D eigenvalue weighted by Gasteiger charge is -2.07. The van der Waals surface area contributed by atoms with Gasteiger partial charge in [-0.3, -0.25) is 0 Å². The van der Waals surface area contributed by atoms with Gasteiger partial charge in [-0.25, -0.2) is 17.4 Å². The van der Waals surface area contributed by atoms with E-state index in [9.17, 15) is 8.42 Å². The Bertz CT molecular complexity index is 640. The molecule has 1 heterocycles. The van der Waals surface area contributed by atoms with Gasteiger partial charge < -0.3 is 0 Å². The monoisotopic (exact) mass is 250 g/mol. The van der Waals surface area contributed by atoms with Crippen molar-refractivity contribution in [2.24, 2.45) is 0 Å². The predicted octanol–water partition coefficient (Wildman–Crippen LogP) is 2.05. The fourth-order valence-electron chi connectivity index (χ4n) is 1.66. The second-order valence-corrected chi connectivity index (χ2v) is 5.86. The lowest BCUT2D eigenvalue weighted by molar-refractivity contribution is 0.586. The summed E-state index contributed by atoms with van der Waals surface area (Å²) in [7, 11) is -3.51. The van der Waals surface area contributed by atoms with Gasteiger partial charge >= 0.3 is 0 Å². The molecule has 0 bridgehead atoms. The van der Waals surface area contributed by atoms with E-state index >= 15 is 0 Å². The van der Waals surface area contributed by atoms with E-state index in [2.05, 4.69) is 4.98 Å². The summed E-state index contributed by atoms with van der Waals surface area (Å²) in [6, 6.07) is 6.79. The third-order valence-electron chi connectivity index (χ3n) is 2.54. The van der Waals surface area contributed by atoms with Gasteiger partial charge in [0.05, 0.1) is 10.6 Å². The Morgan fingerprint density at radius 3 is 2.12 bits per heavy atom. The summed E-state index contributed by atoms with van der Waals surface area (Å²) >= 11 is 0. The Balaban J connectivity index is 2.57. The fourth-order valence-corrected chi connectivity index (χ4v) is 3.05. The summed E-state index contributed by atoms with van der Waals surface area (Å²) in [6.45, 7) is 5.37. The molecule has 17 heavy (non-hydrogen) atoms. The van der Waals surface area contributed by atoms with E-state index in [0.29, 0.717) is 11.5 Å². The largest absolute Gasteiger partial charge is 0.269 e. The zero-order chi connectivity index (χ0) is 12.6. The molecule has 0 N–H and O–H groups in total. The molecule has 2 rings (SSSR count). The maximum atomic E-state index is 12.3. The van der Waals surface area contributed by atoms with Gasteiger partial charge in [0.15, 0.2) is 0 Å². The van der Waals surface area contributed by atoms with Crippen LogP contribution in [0, 0.1) is 20.8 Å². The first-order chi connectivity index (χ1) is 7.91. The Hall–Kier alpha value is -1.62. The Labute approximate surface area is 101 Å². The molecule has 2 aromatic rings. The number of aryl methyl sites for hydroxylation is 3. The first kappa shape index (κ1) is 11.9. The number of rotatable bonds is 2. The van der Waals surface area contributed by atoms with Gasteiger partial charge in [0, 0.05) is 6.20 Å². The van der Waals surface area contributed by atoms with Crippen LogP contribution in [0.1, 0.15) is 17.1 Å². The fraction of sp³-hybridized carbons (Fsp3) is 0.250. The molecule has 0 atom stereocenters. The highest BCUT2D eigenvalue weighted by molar-refractivity contribution is 7.90. The molecular formula is C12H14N2O2S. The first-order valence-electron chi connectivity index (χ1n) is 5.26. The molecule has 0 amide bonds. The van der Waals surface area contributed by atoms with Crippen molar-refractivity contribution >= 4 is 10.0 Å². The van der Waals surface area contributed by atoms with Crippen molar-refractivity contribution in [1.29, 1.82) is 0 Å². The molecule has 1 aromatic carbocycles. The van der Waals surface area contributed by atoms with E-state index in [1.807, 2.05) is 6.92 Å². The number of hydrogen-bond donors (Lipinski definition) is 0. The molecular weight excluding hydrogens is 236 g/mol. The minimum Gasteiger partial charge on any atom is -0.238 e. The molecule has 0 aliphatic carbocycles. The van der Waals surface area contributed by atoms with Crippen molar-refractivity contribution < 1.29 is 8.42 Å². The summed E-state index contributed by atoms with van der Waals surface area (Å²) < 4.78 is 25.8. The molecule has 0 unspecified atom stereocenters. The van der Waals surface area contributed by atoms with Crippen LogP contribution in [-0.4, -0.2) is 17.4 Å². The average molecular weight is 250 g/mol. The smallest absolute Gasteiger partial charge is 0.238 e. The standard InChI is InChI=1S/C12H14N2O2S/c1-9-4-6-12(7-5-9)17(15,16)14-8-10(2)13-11(14)3/h4-8H,1-3H3. The number of aromatic nitrogens is 2. The molecule has 0 radical (unpaired) electrons. The van der Waals surface area contributed by atoms with Crippen LogP contribution in [-0.2, 0) is 10.0 Å². The second kappa shape index (κ2) is 4.00. The average Bonchev–Trinajstić information content (AvgIpc) is 2.59. The van der Waals surface area contributed by atoms with Gasteiger partial charge in [0.1, 0.15) is 5.82 Å². The van der Waals surface area contributed by atoms with Crippen LogP contribution in [0.4, 0.5) is 0 Å². The Morgan fingerprint density at radius 1 is 1.06 bits per heavy atom. The van der Waals surface area contributed by atoms with E-state index in [1.165, 1.54) is 10.2 Å². The number of nitrogens with zero attached hydrogens (tertiary/aromatic N) is 2. The normalized spacial score (nSPS) is 11.7. The summed E-state index contributed by atoms with van der Waals surface area (Å²) in [5.41, 5.74) is 1.72. The zero-order valence-electron chi connectivity index (χ0n) is 10.0.